The van der Waals surface area contributed by atoms with Crippen molar-refractivity contribution in [2.45, 2.75) is 18.9 Å². The van der Waals surface area contributed by atoms with Gasteiger partial charge in [0.2, 0.25) is 0 Å². The Labute approximate surface area is 182 Å². The molecule has 2 heterocycles. The van der Waals surface area contributed by atoms with E-state index in [9.17, 15) is 0 Å². The molecule has 1 aliphatic heterocycles. The summed E-state index contributed by atoms with van der Waals surface area (Å²) in [5, 5.41) is 10.3. The number of hydrogen-bond donors (Lipinski definition) is 2. The fourth-order valence-electron chi connectivity index (χ4n) is 3.64. The van der Waals surface area contributed by atoms with Crippen LogP contribution in [0.25, 0.3) is 11.4 Å². The molecule has 0 bridgehead atoms. The summed E-state index contributed by atoms with van der Waals surface area (Å²) in [6, 6.07) is 19.1. The molecule has 2 N–H and O–H groups in total. The van der Waals surface area contributed by atoms with Crippen LogP contribution in [-0.4, -0.2) is 46.2 Å². The number of nitrogens with zero attached hydrogens (tertiary/aromatic N) is 4. The second-order valence-corrected chi connectivity index (χ2v) is 6.78. The molecule has 6 nitrogen and oxygen atoms in total. The van der Waals surface area contributed by atoms with Crippen LogP contribution < -0.4 is 5.32 Å². The number of nitrogens with one attached hydrogen (secondary N) is 2. The molecule has 146 valence electrons. The maximum atomic E-state index is 4.49. The predicted molar refractivity (Wildman–Crippen MR) is 123 cm³/mol. The average Bonchev–Trinajstić information content (AvgIpc) is 3.42. The minimum absolute atomic E-state index is 0. The Balaban J connectivity index is 0.00000225. The molecule has 0 spiro atoms. The van der Waals surface area contributed by atoms with Crippen LogP contribution in [0.3, 0.4) is 0 Å². The molecule has 0 amide bonds. The van der Waals surface area contributed by atoms with Gasteiger partial charge in [0.05, 0.1) is 0 Å². The van der Waals surface area contributed by atoms with Crippen molar-refractivity contribution in [3.05, 3.63) is 72.1 Å². The number of H-pyrrole nitrogens is 1. The van der Waals surface area contributed by atoms with Crippen LogP contribution in [0.4, 0.5) is 0 Å². The summed E-state index contributed by atoms with van der Waals surface area (Å²) >= 11 is 0. The monoisotopic (exact) mass is 488 g/mol. The molecule has 1 atom stereocenters. The van der Waals surface area contributed by atoms with E-state index in [-0.39, 0.29) is 24.0 Å². The van der Waals surface area contributed by atoms with Crippen LogP contribution in [-0.2, 0) is 6.54 Å². The number of rotatable bonds is 4. The summed E-state index contributed by atoms with van der Waals surface area (Å²) in [4.78, 5) is 11.1. The maximum absolute atomic E-state index is 4.49. The van der Waals surface area contributed by atoms with Crippen LogP contribution >= 0.6 is 24.0 Å². The summed E-state index contributed by atoms with van der Waals surface area (Å²) in [6.45, 7) is 2.75. The molecule has 28 heavy (non-hydrogen) atoms. The molecule has 0 saturated carbocycles. The predicted octanol–water partition coefficient (Wildman–Crippen LogP) is 3.65. The van der Waals surface area contributed by atoms with Gasteiger partial charge in [-0.3, -0.25) is 10.1 Å². The van der Waals surface area contributed by atoms with Gasteiger partial charge in [0, 0.05) is 38.2 Å². The minimum Gasteiger partial charge on any atom is -0.352 e. The molecule has 1 fully saturated rings. The molecular weight excluding hydrogens is 463 g/mol. The van der Waals surface area contributed by atoms with E-state index < -0.39 is 0 Å². The zero-order chi connectivity index (χ0) is 18.5. The fraction of sp³-hybridized carbons (Fsp3) is 0.286. The lowest BCUT2D eigenvalue weighted by Gasteiger charge is -2.22. The number of aromatic nitrogens is 3. The van der Waals surface area contributed by atoms with Gasteiger partial charge in [-0.1, -0.05) is 48.5 Å². The summed E-state index contributed by atoms with van der Waals surface area (Å²) in [7, 11) is 1.85. The van der Waals surface area contributed by atoms with Gasteiger partial charge in [0.15, 0.2) is 11.8 Å². The Morgan fingerprint density at radius 2 is 2.07 bits per heavy atom. The molecule has 3 aromatic rings. The van der Waals surface area contributed by atoms with E-state index >= 15 is 0 Å². The van der Waals surface area contributed by atoms with Gasteiger partial charge in [-0.25, -0.2) is 4.98 Å². The first-order chi connectivity index (χ1) is 13.3. The lowest BCUT2D eigenvalue weighted by atomic mass is 9.99. The quantitative estimate of drug-likeness (QED) is 0.334. The minimum atomic E-state index is 0. The van der Waals surface area contributed by atoms with E-state index in [0.717, 1.165) is 43.4 Å². The summed E-state index contributed by atoms with van der Waals surface area (Å²) in [5.74, 6) is 2.31. The average molecular weight is 488 g/mol. The molecule has 7 heteroatoms. The number of aliphatic imine (C=N–C) groups is 1. The molecular formula is C21H25IN6. The second kappa shape index (κ2) is 9.68. The van der Waals surface area contributed by atoms with Crippen LogP contribution in [0, 0.1) is 0 Å². The zero-order valence-electron chi connectivity index (χ0n) is 15.9. The highest BCUT2D eigenvalue weighted by Crippen LogP contribution is 2.27. The van der Waals surface area contributed by atoms with Gasteiger partial charge in [-0.2, -0.15) is 5.10 Å². The summed E-state index contributed by atoms with van der Waals surface area (Å²) in [6.07, 6.45) is 2.68. The molecule has 1 aromatic heterocycles. The Bertz CT molecular complexity index is 894. The zero-order valence-corrected chi connectivity index (χ0v) is 18.2. The third-order valence-electron chi connectivity index (χ3n) is 5.04. The van der Waals surface area contributed by atoms with E-state index in [1.54, 1.807) is 0 Å². The largest absolute Gasteiger partial charge is 0.352 e. The molecule has 1 saturated heterocycles. The van der Waals surface area contributed by atoms with Crippen molar-refractivity contribution in [2.24, 2.45) is 4.99 Å². The first-order valence-corrected chi connectivity index (χ1v) is 9.28. The van der Waals surface area contributed by atoms with E-state index in [1.165, 1.54) is 17.5 Å². The van der Waals surface area contributed by atoms with Crippen molar-refractivity contribution in [2.75, 3.05) is 20.1 Å². The van der Waals surface area contributed by atoms with Gasteiger partial charge in [0.25, 0.3) is 0 Å². The van der Waals surface area contributed by atoms with Crippen LogP contribution in [0.15, 0.2) is 65.9 Å². The smallest absolute Gasteiger partial charge is 0.193 e. The normalized spacial score (nSPS) is 16.7. The van der Waals surface area contributed by atoms with Gasteiger partial charge in [-0.05, 0) is 23.6 Å². The third kappa shape index (κ3) is 4.70. The number of likely N-dealkylation sites (tertiary alicyclic amines) is 1. The Kier molecular flexibility index (Phi) is 7.02. The highest BCUT2D eigenvalue weighted by atomic mass is 127. The highest BCUT2D eigenvalue weighted by molar-refractivity contribution is 14.0. The van der Waals surface area contributed by atoms with Crippen molar-refractivity contribution in [1.29, 1.82) is 0 Å². The fourth-order valence-corrected chi connectivity index (χ4v) is 3.64. The first kappa shape index (κ1) is 20.3. The molecule has 0 radical (unpaired) electrons. The van der Waals surface area contributed by atoms with Crippen LogP contribution in [0.2, 0.25) is 0 Å². The second-order valence-electron chi connectivity index (χ2n) is 6.78. The standard InChI is InChI=1S/C21H24N6.HI/c1-22-21(27-11-10-19(14-27)17-7-3-2-4-8-17)23-13-16-6-5-9-18(12-16)20-24-15-25-26-20;/h2-9,12,15,19H,10-11,13-14H2,1H3,(H,22,23)(H,24,25,26);1H. The Morgan fingerprint density at radius 3 is 2.82 bits per heavy atom. The van der Waals surface area contributed by atoms with Gasteiger partial charge in [-0.15, -0.1) is 24.0 Å². The van der Waals surface area contributed by atoms with Crippen molar-refractivity contribution in [3.63, 3.8) is 0 Å². The van der Waals surface area contributed by atoms with Crippen molar-refractivity contribution < 1.29 is 0 Å². The van der Waals surface area contributed by atoms with E-state index in [0.29, 0.717) is 5.92 Å². The number of halogens is 1. The maximum Gasteiger partial charge on any atom is 0.193 e. The number of aromatic amines is 1. The lowest BCUT2D eigenvalue weighted by Crippen LogP contribution is -2.39. The topological polar surface area (TPSA) is 69.2 Å². The highest BCUT2D eigenvalue weighted by Gasteiger charge is 2.25. The lowest BCUT2D eigenvalue weighted by molar-refractivity contribution is 0.486. The van der Waals surface area contributed by atoms with E-state index in [1.807, 2.05) is 19.2 Å². The third-order valence-corrected chi connectivity index (χ3v) is 5.04. The molecule has 2 aromatic carbocycles. The van der Waals surface area contributed by atoms with Crippen molar-refractivity contribution in [1.82, 2.24) is 25.4 Å². The summed E-state index contributed by atoms with van der Waals surface area (Å²) in [5.41, 5.74) is 3.63. The van der Waals surface area contributed by atoms with Gasteiger partial charge >= 0.3 is 0 Å². The van der Waals surface area contributed by atoms with Gasteiger partial charge < -0.3 is 10.2 Å². The first-order valence-electron chi connectivity index (χ1n) is 9.28. The van der Waals surface area contributed by atoms with E-state index in [4.69, 9.17) is 0 Å². The molecule has 4 rings (SSSR count). The Hall–Kier alpha value is -2.42. The van der Waals surface area contributed by atoms with Crippen LogP contribution in [0.1, 0.15) is 23.5 Å². The van der Waals surface area contributed by atoms with E-state index in [2.05, 4.69) is 72.9 Å². The molecule has 1 aliphatic rings. The molecule has 0 aliphatic carbocycles. The SMILES string of the molecule is CN=C(NCc1cccc(-c2ncn[nH]2)c1)N1CCC(c2ccccc2)C1.I. The van der Waals surface area contributed by atoms with Gasteiger partial charge in [0.1, 0.15) is 6.33 Å². The van der Waals surface area contributed by atoms with Crippen molar-refractivity contribution in [3.8, 4) is 11.4 Å². The number of hydrogen-bond acceptors (Lipinski definition) is 3. The number of guanidine groups is 1. The van der Waals surface area contributed by atoms with Crippen LogP contribution in [0.5, 0.6) is 0 Å². The number of benzene rings is 2. The summed E-state index contributed by atoms with van der Waals surface area (Å²) < 4.78 is 0. The van der Waals surface area contributed by atoms with Crippen molar-refractivity contribution >= 4 is 29.9 Å². The Morgan fingerprint density at radius 1 is 1.21 bits per heavy atom. The molecule has 1 unspecified atom stereocenters.